The summed E-state index contributed by atoms with van der Waals surface area (Å²) in [6.45, 7) is 18.5. The van der Waals surface area contributed by atoms with E-state index >= 15 is 0 Å². The van der Waals surface area contributed by atoms with Crippen molar-refractivity contribution in [1.29, 1.82) is 0 Å². The lowest BCUT2D eigenvalue weighted by Crippen LogP contribution is -2.52. The van der Waals surface area contributed by atoms with Crippen molar-refractivity contribution in [3.8, 4) is 0 Å². The molecular formula is C30H48ClN3O. The first-order chi connectivity index (χ1) is 16.5. The van der Waals surface area contributed by atoms with Crippen molar-refractivity contribution >= 4 is 17.5 Å². The molecule has 2 atom stereocenters. The van der Waals surface area contributed by atoms with Gasteiger partial charge < -0.3 is 4.90 Å². The van der Waals surface area contributed by atoms with E-state index < -0.39 is 5.41 Å². The number of halogens is 1. The van der Waals surface area contributed by atoms with Crippen molar-refractivity contribution in [2.45, 2.75) is 103 Å². The third-order valence-corrected chi connectivity index (χ3v) is 9.23. The molecule has 0 aromatic heterocycles. The van der Waals surface area contributed by atoms with Crippen LogP contribution < -0.4 is 0 Å². The van der Waals surface area contributed by atoms with Gasteiger partial charge in [-0.3, -0.25) is 14.6 Å². The predicted octanol–water partition coefficient (Wildman–Crippen LogP) is 6.22. The summed E-state index contributed by atoms with van der Waals surface area (Å²) in [4.78, 5) is 21.9. The third kappa shape index (κ3) is 5.91. The summed E-state index contributed by atoms with van der Waals surface area (Å²) < 4.78 is 0. The molecule has 1 aromatic rings. The van der Waals surface area contributed by atoms with Crippen LogP contribution in [0.5, 0.6) is 0 Å². The molecule has 0 bridgehead atoms. The molecule has 5 heteroatoms. The van der Waals surface area contributed by atoms with Gasteiger partial charge in [0.1, 0.15) is 0 Å². The summed E-state index contributed by atoms with van der Waals surface area (Å²) >= 11 is 6.24. The standard InChI is InChI=1S/C30H48ClN3O/c1-22(2)19-34(26-13-7-23(3)8-14-26)27-15-17-32(20-27)28(35)30(24-9-11-25(31)12-10-24)16-18-33(21-30)29(4,5)6/h9-12,22-23,26-27H,7-8,13-21H2,1-6H3/t23-,26+,27-,30?/m0/s1. The molecule has 0 radical (unpaired) electrons. The average molecular weight is 502 g/mol. The lowest BCUT2D eigenvalue weighted by atomic mass is 9.78. The quantitative estimate of drug-likeness (QED) is 0.463. The fourth-order valence-corrected chi connectivity index (χ4v) is 6.90. The van der Waals surface area contributed by atoms with Crippen LogP contribution in [0.4, 0.5) is 0 Å². The van der Waals surface area contributed by atoms with Gasteiger partial charge in [-0.25, -0.2) is 0 Å². The minimum Gasteiger partial charge on any atom is -0.340 e. The monoisotopic (exact) mass is 501 g/mol. The first-order valence-electron chi connectivity index (χ1n) is 14.1. The van der Waals surface area contributed by atoms with Crippen LogP contribution in [0.1, 0.15) is 85.6 Å². The molecule has 3 aliphatic rings. The Labute approximate surface area is 219 Å². The second-order valence-corrected chi connectivity index (χ2v) is 13.6. The summed E-state index contributed by atoms with van der Waals surface area (Å²) in [7, 11) is 0. The number of hydrogen-bond acceptors (Lipinski definition) is 3. The largest absolute Gasteiger partial charge is 0.340 e. The van der Waals surface area contributed by atoms with Gasteiger partial charge in [-0.15, -0.1) is 0 Å². The van der Waals surface area contributed by atoms with Crippen LogP contribution >= 0.6 is 11.6 Å². The second-order valence-electron chi connectivity index (χ2n) is 13.1. The van der Waals surface area contributed by atoms with Gasteiger partial charge in [0.05, 0.1) is 5.41 Å². The third-order valence-electron chi connectivity index (χ3n) is 8.97. The highest BCUT2D eigenvalue weighted by Crippen LogP contribution is 2.41. The maximum Gasteiger partial charge on any atom is 0.234 e. The van der Waals surface area contributed by atoms with Gasteiger partial charge in [-0.2, -0.15) is 0 Å². The number of rotatable bonds is 6. The van der Waals surface area contributed by atoms with Gasteiger partial charge in [0.25, 0.3) is 0 Å². The fraction of sp³-hybridized carbons (Fsp3) is 0.767. The number of likely N-dealkylation sites (tertiary alicyclic amines) is 2. The van der Waals surface area contributed by atoms with Gasteiger partial charge in [-0.05, 0) is 88.8 Å². The number of hydrogen-bond donors (Lipinski definition) is 0. The van der Waals surface area contributed by atoms with Crippen molar-refractivity contribution in [2.24, 2.45) is 11.8 Å². The van der Waals surface area contributed by atoms with Crippen LogP contribution in [-0.4, -0.2) is 71.0 Å². The van der Waals surface area contributed by atoms with Gasteiger partial charge in [0, 0.05) is 55.4 Å². The number of benzene rings is 1. The molecule has 35 heavy (non-hydrogen) atoms. The van der Waals surface area contributed by atoms with Crippen LogP contribution in [0.2, 0.25) is 5.02 Å². The number of carbonyl (C=O) groups is 1. The molecule has 2 aliphatic heterocycles. The maximum absolute atomic E-state index is 14.4. The van der Waals surface area contributed by atoms with E-state index in [4.69, 9.17) is 11.6 Å². The molecule has 0 spiro atoms. The molecule has 0 N–H and O–H groups in total. The van der Waals surface area contributed by atoms with Crippen molar-refractivity contribution < 1.29 is 4.79 Å². The highest BCUT2D eigenvalue weighted by atomic mass is 35.5. The zero-order valence-corrected chi connectivity index (χ0v) is 23.8. The molecule has 3 fully saturated rings. The van der Waals surface area contributed by atoms with Crippen molar-refractivity contribution in [2.75, 3.05) is 32.7 Å². The van der Waals surface area contributed by atoms with Crippen molar-refractivity contribution in [3.05, 3.63) is 34.9 Å². The molecule has 1 aliphatic carbocycles. The van der Waals surface area contributed by atoms with E-state index in [9.17, 15) is 4.79 Å². The smallest absolute Gasteiger partial charge is 0.234 e. The van der Waals surface area contributed by atoms with E-state index in [0.29, 0.717) is 23.9 Å². The topological polar surface area (TPSA) is 26.8 Å². The Kier molecular flexibility index (Phi) is 8.25. The second kappa shape index (κ2) is 10.7. The lowest BCUT2D eigenvalue weighted by Gasteiger charge is -2.41. The molecular weight excluding hydrogens is 454 g/mol. The normalized spacial score (nSPS) is 30.5. The van der Waals surface area contributed by atoms with E-state index in [0.717, 1.165) is 62.1 Å². The van der Waals surface area contributed by atoms with E-state index in [1.54, 1.807) is 0 Å². The molecule has 4 rings (SSSR count). The molecule has 1 aromatic carbocycles. The highest BCUT2D eigenvalue weighted by molar-refractivity contribution is 6.30. The van der Waals surface area contributed by atoms with E-state index in [-0.39, 0.29) is 5.54 Å². The van der Waals surface area contributed by atoms with Crippen molar-refractivity contribution in [1.82, 2.24) is 14.7 Å². The van der Waals surface area contributed by atoms with E-state index in [1.165, 1.54) is 25.7 Å². The number of nitrogens with zero attached hydrogens (tertiary/aromatic N) is 3. The lowest BCUT2D eigenvalue weighted by molar-refractivity contribution is -0.136. The molecule has 1 unspecified atom stereocenters. The number of carbonyl (C=O) groups excluding carboxylic acids is 1. The van der Waals surface area contributed by atoms with Crippen LogP contribution in [-0.2, 0) is 10.2 Å². The van der Waals surface area contributed by atoms with Gasteiger partial charge >= 0.3 is 0 Å². The average Bonchev–Trinajstić information content (AvgIpc) is 3.47. The Morgan fingerprint density at radius 3 is 2.29 bits per heavy atom. The molecule has 196 valence electrons. The Bertz CT molecular complexity index is 855. The van der Waals surface area contributed by atoms with Crippen LogP contribution in [0.25, 0.3) is 0 Å². The highest BCUT2D eigenvalue weighted by Gasteiger charge is 2.51. The van der Waals surface area contributed by atoms with Gasteiger partial charge in [0.15, 0.2) is 0 Å². The first-order valence-corrected chi connectivity index (χ1v) is 14.4. The summed E-state index contributed by atoms with van der Waals surface area (Å²) in [6.07, 6.45) is 7.29. The first kappa shape index (κ1) is 26.9. The van der Waals surface area contributed by atoms with Crippen LogP contribution in [0.15, 0.2) is 24.3 Å². The predicted molar refractivity (Wildman–Crippen MR) is 147 cm³/mol. The van der Waals surface area contributed by atoms with Gasteiger partial charge in [-0.1, -0.05) is 44.5 Å². The minimum atomic E-state index is -0.476. The van der Waals surface area contributed by atoms with E-state index in [2.05, 4.69) is 68.4 Å². The fourth-order valence-electron chi connectivity index (χ4n) is 6.78. The molecule has 1 amide bonds. The molecule has 1 saturated carbocycles. The summed E-state index contributed by atoms with van der Waals surface area (Å²) in [5.41, 5.74) is 0.701. The van der Waals surface area contributed by atoms with Gasteiger partial charge in [0.2, 0.25) is 5.91 Å². The number of amides is 1. The Morgan fingerprint density at radius 2 is 1.71 bits per heavy atom. The van der Waals surface area contributed by atoms with Crippen LogP contribution in [0, 0.1) is 11.8 Å². The van der Waals surface area contributed by atoms with Crippen LogP contribution in [0.3, 0.4) is 0 Å². The Hall–Kier alpha value is -1.10. The maximum atomic E-state index is 14.4. The zero-order chi connectivity index (χ0) is 25.4. The molecule has 2 heterocycles. The summed E-state index contributed by atoms with van der Waals surface area (Å²) in [5, 5.41) is 0.731. The minimum absolute atomic E-state index is 0.0498. The summed E-state index contributed by atoms with van der Waals surface area (Å²) in [6, 6.07) is 9.26. The zero-order valence-electron chi connectivity index (χ0n) is 23.0. The molecule has 4 nitrogen and oxygen atoms in total. The Balaban J connectivity index is 1.55. The Morgan fingerprint density at radius 1 is 1.06 bits per heavy atom. The van der Waals surface area contributed by atoms with E-state index in [1.807, 2.05) is 12.1 Å². The summed E-state index contributed by atoms with van der Waals surface area (Å²) in [5.74, 6) is 1.84. The van der Waals surface area contributed by atoms with Crippen molar-refractivity contribution in [3.63, 3.8) is 0 Å². The SMILES string of the molecule is CC(C)CN([C@H]1CCN(C(=O)C2(c3ccc(Cl)cc3)CCN(C(C)(C)C)C2)C1)[C@H]1CC[C@@H](C)CC1. The molecule has 2 saturated heterocycles.